The van der Waals surface area contributed by atoms with Gasteiger partial charge in [-0.25, -0.2) is 0 Å². The highest BCUT2D eigenvalue weighted by atomic mass is 32.1. The zero-order chi connectivity index (χ0) is 13.1. The zero-order valence-electron chi connectivity index (χ0n) is 11.0. The first kappa shape index (κ1) is 12.9. The Hall–Kier alpha value is -1.55. The maximum absolute atomic E-state index is 5.75. The van der Waals surface area contributed by atoms with Crippen molar-refractivity contribution in [1.29, 1.82) is 0 Å². The second-order valence-electron chi connectivity index (χ2n) is 4.48. The predicted molar refractivity (Wildman–Crippen MR) is 79.1 cm³/mol. The maximum atomic E-state index is 5.75. The molecule has 1 unspecified atom stereocenters. The Morgan fingerprint density at radius 2 is 2.00 bits per heavy atom. The van der Waals surface area contributed by atoms with Crippen LogP contribution < -0.4 is 11.1 Å². The molecule has 1 aromatic heterocycles. The number of nitrogen functional groups attached to an aromatic ring is 1. The van der Waals surface area contributed by atoms with Crippen LogP contribution in [-0.4, -0.2) is 4.37 Å². The van der Waals surface area contributed by atoms with Crippen LogP contribution in [0.3, 0.4) is 0 Å². The van der Waals surface area contributed by atoms with Crippen molar-refractivity contribution in [1.82, 2.24) is 4.37 Å². The van der Waals surface area contributed by atoms with Gasteiger partial charge in [0.2, 0.25) is 0 Å². The van der Waals surface area contributed by atoms with Crippen LogP contribution >= 0.6 is 11.5 Å². The molecule has 0 fully saturated rings. The highest BCUT2D eigenvalue weighted by molar-refractivity contribution is 7.10. The number of anilines is 2. The molecule has 3 nitrogen and oxygen atoms in total. The monoisotopic (exact) mass is 261 g/mol. The molecule has 0 amide bonds. The maximum Gasteiger partial charge on any atom is 0.142 e. The first-order valence-corrected chi connectivity index (χ1v) is 6.96. The second-order valence-corrected chi connectivity index (χ2v) is 5.26. The van der Waals surface area contributed by atoms with Gasteiger partial charge >= 0.3 is 0 Å². The fourth-order valence-electron chi connectivity index (χ4n) is 1.80. The van der Waals surface area contributed by atoms with Crippen LogP contribution in [0.5, 0.6) is 0 Å². The smallest absolute Gasteiger partial charge is 0.142 e. The van der Waals surface area contributed by atoms with Crippen molar-refractivity contribution in [3.05, 3.63) is 41.0 Å². The predicted octanol–water partition coefficient (Wildman–Crippen LogP) is 3.77. The number of hydrogen-bond acceptors (Lipinski definition) is 4. The summed E-state index contributed by atoms with van der Waals surface area (Å²) in [6.45, 7) is 6.31. The van der Waals surface area contributed by atoms with Gasteiger partial charge in [-0.05, 0) is 42.9 Å². The van der Waals surface area contributed by atoms with Crippen LogP contribution in [0.25, 0.3) is 0 Å². The lowest BCUT2D eigenvalue weighted by Gasteiger charge is -2.15. The van der Waals surface area contributed by atoms with Gasteiger partial charge in [-0.1, -0.05) is 31.2 Å². The summed E-state index contributed by atoms with van der Waals surface area (Å²) in [5.74, 6) is 0.621. The fourth-order valence-corrected chi connectivity index (χ4v) is 2.60. The molecule has 2 aromatic rings. The molecule has 3 N–H and O–H groups in total. The normalized spacial score (nSPS) is 12.4. The minimum absolute atomic E-state index is 0.259. The molecule has 0 aliphatic rings. The van der Waals surface area contributed by atoms with E-state index in [1.807, 2.05) is 6.92 Å². The topological polar surface area (TPSA) is 50.9 Å². The lowest BCUT2D eigenvalue weighted by Crippen LogP contribution is -2.06. The number of aryl methyl sites for hydroxylation is 1. The van der Waals surface area contributed by atoms with E-state index in [1.165, 1.54) is 22.7 Å². The Kier molecular flexibility index (Phi) is 3.87. The SMILES string of the molecule is CCc1ccc(C(C)Nc2snc(N)c2C)cc1. The van der Waals surface area contributed by atoms with E-state index in [-0.39, 0.29) is 6.04 Å². The van der Waals surface area contributed by atoms with E-state index in [4.69, 9.17) is 5.73 Å². The third-order valence-corrected chi connectivity index (χ3v) is 4.09. The fraction of sp³-hybridized carbons (Fsp3) is 0.357. The first-order valence-electron chi connectivity index (χ1n) is 6.19. The third kappa shape index (κ3) is 2.64. The van der Waals surface area contributed by atoms with E-state index in [0.717, 1.165) is 17.0 Å². The van der Waals surface area contributed by atoms with Gasteiger partial charge in [0.05, 0.1) is 0 Å². The molecule has 0 aliphatic heterocycles. The van der Waals surface area contributed by atoms with Crippen molar-refractivity contribution in [2.75, 3.05) is 11.1 Å². The Morgan fingerprint density at radius 1 is 1.33 bits per heavy atom. The van der Waals surface area contributed by atoms with Crippen LogP contribution in [0.1, 0.15) is 36.6 Å². The van der Waals surface area contributed by atoms with Crippen molar-refractivity contribution < 1.29 is 0 Å². The van der Waals surface area contributed by atoms with Gasteiger partial charge in [0.25, 0.3) is 0 Å². The molecule has 96 valence electrons. The van der Waals surface area contributed by atoms with Gasteiger partial charge in [-0.15, -0.1) is 0 Å². The van der Waals surface area contributed by atoms with Crippen LogP contribution in [0.4, 0.5) is 10.8 Å². The molecule has 0 radical (unpaired) electrons. The summed E-state index contributed by atoms with van der Waals surface area (Å²) in [5, 5.41) is 4.52. The number of nitrogens with one attached hydrogen (secondary N) is 1. The standard InChI is InChI=1S/C14H19N3S/c1-4-11-5-7-12(8-6-11)10(3)16-14-9(2)13(15)17-18-14/h5-8,10,16H,4H2,1-3H3,(H2,15,17). The molecule has 4 heteroatoms. The highest BCUT2D eigenvalue weighted by Crippen LogP contribution is 2.29. The molecular formula is C14H19N3S. The van der Waals surface area contributed by atoms with Crippen molar-refractivity contribution in [3.63, 3.8) is 0 Å². The molecule has 18 heavy (non-hydrogen) atoms. The molecule has 0 bridgehead atoms. The molecule has 0 saturated carbocycles. The van der Waals surface area contributed by atoms with Gasteiger partial charge in [0.1, 0.15) is 10.8 Å². The van der Waals surface area contributed by atoms with Crippen LogP contribution in [0.15, 0.2) is 24.3 Å². The van der Waals surface area contributed by atoms with E-state index < -0.39 is 0 Å². The molecule has 2 rings (SSSR count). The van der Waals surface area contributed by atoms with Gasteiger partial charge in [-0.2, -0.15) is 4.37 Å². The first-order chi connectivity index (χ1) is 8.61. The molecule has 1 atom stereocenters. The summed E-state index contributed by atoms with van der Waals surface area (Å²) in [5.41, 5.74) is 9.43. The summed E-state index contributed by atoms with van der Waals surface area (Å²) in [4.78, 5) is 0. The molecule has 0 saturated heterocycles. The zero-order valence-corrected chi connectivity index (χ0v) is 11.8. The van der Waals surface area contributed by atoms with Gasteiger partial charge in [0.15, 0.2) is 0 Å². The Labute approximate surface area is 112 Å². The van der Waals surface area contributed by atoms with Crippen LogP contribution in [-0.2, 0) is 6.42 Å². The molecule has 0 aliphatic carbocycles. The van der Waals surface area contributed by atoms with Crippen molar-refractivity contribution in [3.8, 4) is 0 Å². The average Bonchev–Trinajstić information content (AvgIpc) is 2.71. The lowest BCUT2D eigenvalue weighted by atomic mass is 10.1. The Bertz CT molecular complexity index is 516. The van der Waals surface area contributed by atoms with Gasteiger partial charge < -0.3 is 11.1 Å². The summed E-state index contributed by atoms with van der Waals surface area (Å²) in [6, 6.07) is 8.98. The van der Waals surface area contributed by atoms with Crippen LogP contribution in [0.2, 0.25) is 0 Å². The van der Waals surface area contributed by atoms with E-state index in [0.29, 0.717) is 5.82 Å². The number of nitrogens with two attached hydrogens (primary N) is 1. The minimum atomic E-state index is 0.259. The van der Waals surface area contributed by atoms with E-state index in [1.54, 1.807) is 0 Å². The Morgan fingerprint density at radius 3 is 2.50 bits per heavy atom. The van der Waals surface area contributed by atoms with Gasteiger partial charge in [0, 0.05) is 11.6 Å². The lowest BCUT2D eigenvalue weighted by molar-refractivity contribution is 0.886. The summed E-state index contributed by atoms with van der Waals surface area (Å²) < 4.78 is 4.15. The van der Waals surface area contributed by atoms with E-state index >= 15 is 0 Å². The van der Waals surface area contributed by atoms with Crippen molar-refractivity contribution >= 4 is 22.4 Å². The van der Waals surface area contributed by atoms with Gasteiger partial charge in [-0.3, -0.25) is 0 Å². The summed E-state index contributed by atoms with van der Waals surface area (Å²) in [7, 11) is 0. The molecular weight excluding hydrogens is 242 g/mol. The molecule has 1 heterocycles. The second kappa shape index (κ2) is 5.40. The van der Waals surface area contributed by atoms with E-state index in [9.17, 15) is 0 Å². The molecule has 0 spiro atoms. The number of aromatic nitrogens is 1. The quantitative estimate of drug-likeness (QED) is 0.881. The van der Waals surface area contributed by atoms with E-state index in [2.05, 4.69) is 47.8 Å². The summed E-state index contributed by atoms with van der Waals surface area (Å²) in [6.07, 6.45) is 1.08. The largest absolute Gasteiger partial charge is 0.383 e. The highest BCUT2D eigenvalue weighted by Gasteiger charge is 2.11. The molecule has 1 aromatic carbocycles. The number of benzene rings is 1. The number of hydrogen-bond donors (Lipinski definition) is 2. The van der Waals surface area contributed by atoms with Crippen molar-refractivity contribution in [2.24, 2.45) is 0 Å². The van der Waals surface area contributed by atoms with Crippen LogP contribution in [0, 0.1) is 6.92 Å². The number of rotatable bonds is 4. The number of nitrogens with zero attached hydrogens (tertiary/aromatic N) is 1. The van der Waals surface area contributed by atoms with Crippen molar-refractivity contribution in [2.45, 2.75) is 33.2 Å². The average molecular weight is 261 g/mol. The summed E-state index contributed by atoms with van der Waals surface area (Å²) >= 11 is 1.42. The Balaban J connectivity index is 2.11. The minimum Gasteiger partial charge on any atom is -0.383 e. The third-order valence-electron chi connectivity index (χ3n) is 3.20.